The second-order valence-electron chi connectivity index (χ2n) is 4.75. The lowest BCUT2D eigenvalue weighted by atomic mass is 9.89. The van der Waals surface area contributed by atoms with Crippen LogP contribution >= 0.6 is 11.6 Å². The fourth-order valence-electron chi connectivity index (χ4n) is 2.12. The number of nitrogens with two attached hydrogens (primary N) is 1. The Labute approximate surface area is 123 Å². The summed E-state index contributed by atoms with van der Waals surface area (Å²) >= 11 is 6.24. The Kier molecular flexibility index (Phi) is 4.65. The first-order chi connectivity index (χ1) is 9.58. The quantitative estimate of drug-likeness (QED) is 0.890. The first-order valence-corrected chi connectivity index (χ1v) is 6.83. The van der Waals surface area contributed by atoms with Gasteiger partial charge in [-0.3, -0.25) is 0 Å². The average molecular weight is 292 g/mol. The van der Waals surface area contributed by atoms with Gasteiger partial charge in [-0.15, -0.1) is 0 Å². The molecule has 2 aromatic rings. The third-order valence-corrected chi connectivity index (χ3v) is 3.67. The number of halogens is 1. The fourth-order valence-corrected chi connectivity index (χ4v) is 2.45. The van der Waals surface area contributed by atoms with Crippen LogP contribution in [0.15, 0.2) is 54.6 Å². The molecule has 3 N–H and O–H groups in total. The Morgan fingerprint density at radius 2 is 1.75 bits per heavy atom. The number of aliphatic hydroxyl groups is 1. The van der Waals surface area contributed by atoms with E-state index in [0.29, 0.717) is 16.3 Å². The van der Waals surface area contributed by atoms with E-state index < -0.39 is 11.7 Å². The highest BCUT2D eigenvalue weighted by Crippen LogP contribution is 2.35. The molecule has 2 atom stereocenters. The van der Waals surface area contributed by atoms with E-state index in [1.165, 1.54) is 0 Å². The number of rotatable bonds is 5. The summed E-state index contributed by atoms with van der Waals surface area (Å²) in [7, 11) is 0. The van der Waals surface area contributed by atoms with E-state index in [2.05, 4.69) is 0 Å². The molecule has 0 amide bonds. The van der Waals surface area contributed by atoms with Gasteiger partial charge in [0.05, 0.1) is 0 Å². The number of hydrogen-bond donors (Lipinski definition) is 2. The summed E-state index contributed by atoms with van der Waals surface area (Å²) < 4.78 is 6.01. The number of ether oxygens (including phenoxy) is 1. The third kappa shape index (κ3) is 2.96. The van der Waals surface area contributed by atoms with E-state index in [1.807, 2.05) is 48.5 Å². The highest BCUT2D eigenvalue weighted by Gasteiger charge is 2.38. The largest absolute Gasteiger partial charge is 0.480 e. The second kappa shape index (κ2) is 6.27. The SMILES string of the molecule is CC(Oc1ccccc1)(c1ccccc1Cl)C(O)CN. The first-order valence-electron chi connectivity index (χ1n) is 6.45. The Morgan fingerprint density at radius 3 is 2.35 bits per heavy atom. The molecule has 0 radical (unpaired) electrons. The van der Waals surface area contributed by atoms with Gasteiger partial charge in [0, 0.05) is 17.1 Å². The van der Waals surface area contributed by atoms with Crippen LogP contribution in [0.25, 0.3) is 0 Å². The van der Waals surface area contributed by atoms with Crippen molar-refractivity contribution in [2.75, 3.05) is 6.54 Å². The van der Waals surface area contributed by atoms with E-state index in [0.717, 1.165) is 0 Å². The van der Waals surface area contributed by atoms with Crippen LogP contribution < -0.4 is 10.5 Å². The molecular formula is C16H18ClNO2. The molecule has 4 heteroatoms. The highest BCUT2D eigenvalue weighted by atomic mass is 35.5. The third-order valence-electron chi connectivity index (χ3n) is 3.34. The van der Waals surface area contributed by atoms with Crippen molar-refractivity contribution in [1.82, 2.24) is 0 Å². The van der Waals surface area contributed by atoms with Gasteiger partial charge in [0.15, 0.2) is 5.60 Å². The first kappa shape index (κ1) is 14.9. The van der Waals surface area contributed by atoms with E-state index in [1.54, 1.807) is 13.0 Å². The molecule has 0 saturated heterocycles. The Bertz CT molecular complexity index is 561. The molecule has 0 spiro atoms. The molecule has 0 bridgehead atoms. The van der Waals surface area contributed by atoms with Gasteiger partial charge in [-0.1, -0.05) is 48.0 Å². The predicted octanol–water partition coefficient (Wildman–Crippen LogP) is 2.95. The van der Waals surface area contributed by atoms with E-state index in [9.17, 15) is 5.11 Å². The van der Waals surface area contributed by atoms with Crippen molar-refractivity contribution in [2.24, 2.45) is 5.73 Å². The van der Waals surface area contributed by atoms with Gasteiger partial charge in [-0.05, 0) is 25.1 Å². The van der Waals surface area contributed by atoms with Crippen molar-refractivity contribution < 1.29 is 9.84 Å². The lowest BCUT2D eigenvalue weighted by Gasteiger charge is -2.35. The highest BCUT2D eigenvalue weighted by molar-refractivity contribution is 6.31. The molecule has 20 heavy (non-hydrogen) atoms. The molecule has 0 fully saturated rings. The molecule has 2 unspecified atom stereocenters. The number of hydrogen-bond acceptors (Lipinski definition) is 3. The number of para-hydroxylation sites is 1. The molecule has 2 rings (SSSR count). The summed E-state index contributed by atoms with van der Waals surface area (Å²) in [5.41, 5.74) is 5.33. The predicted molar refractivity (Wildman–Crippen MR) is 80.9 cm³/mol. The van der Waals surface area contributed by atoms with E-state index in [4.69, 9.17) is 22.1 Å². The zero-order valence-corrected chi connectivity index (χ0v) is 12.0. The maximum absolute atomic E-state index is 10.3. The summed E-state index contributed by atoms with van der Waals surface area (Å²) in [6, 6.07) is 16.6. The molecule has 3 nitrogen and oxygen atoms in total. The zero-order chi connectivity index (χ0) is 14.6. The Morgan fingerprint density at radius 1 is 1.15 bits per heavy atom. The molecule has 106 valence electrons. The van der Waals surface area contributed by atoms with Crippen LogP contribution in [-0.2, 0) is 5.60 Å². The molecule has 0 aliphatic rings. The van der Waals surface area contributed by atoms with E-state index >= 15 is 0 Å². The summed E-state index contributed by atoms with van der Waals surface area (Å²) in [4.78, 5) is 0. The van der Waals surface area contributed by atoms with Crippen LogP contribution in [0.5, 0.6) is 5.75 Å². The molecule has 2 aromatic carbocycles. The Hall–Kier alpha value is -1.55. The van der Waals surface area contributed by atoms with Crippen LogP contribution in [0.3, 0.4) is 0 Å². The van der Waals surface area contributed by atoms with Crippen LogP contribution in [0.2, 0.25) is 5.02 Å². The van der Waals surface area contributed by atoms with Gasteiger partial charge in [-0.2, -0.15) is 0 Å². The standard InChI is InChI=1S/C16H18ClNO2/c1-16(15(19)11-18,13-9-5-6-10-14(13)17)20-12-7-3-2-4-8-12/h2-10,15,19H,11,18H2,1H3. The van der Waals surface area contributed by atoms with Crippen molar-refractivity contribution in [1.29, 1.82) is 0 Å². The smallest absolute Gasteiger partial charge is 0.159 e. The monoisotopic (exact) mass is 291 g/mol. The summed E-state index contributed by atoms with van der Waals surface area (Å²) in [6.45, 7) is 1.87. The van der Waals surface area contributed by atoms with Crippen LogP contribution in [0.4, 0.5) is 0 Å². The van der Waals surface area contributed by atoms with Gasteiger partial charge < -0.3 is 15.6 Å². The van der Waals surface area contributed by atoms with E-state index in [-0.39, 0.29) is 6.54 Å². The molecular weight excluding hydrogens is 274 g/mol. The minimum absolute atomic E-state index is 0.0779. The van der Waals surface area contributed by atoms with Gasteiger partial charge in [-0.25, -0.2) is 0 Å². The van der Waals surface area contributed by atoms with Crippen molar-refractivity contribution in [3.8, 4) is 5.75 Å². The lowest BCUT2D eigenvalue weighted by molar-refractivity contribution is -0.0409. The molecule has 0 saturated carbocycles. The summed E-state index contributed by atoms with van der Waals surface area (Å²) in [5.74, 6) is 0.655. The average Bonchev–Trinajstić information content (AvgIpc) is 2.47. The minimum atomic E-state index is -1.01. The minimum Gasteiger partial charge on any atom is -0.480 e. The second-order valence-corrected chi connectivity index (χ2v) is 5.16. The maximum atomic E-state index is 10.3. The number of aliphatic hydroxyl groups excluding tert-OH is 1. The fraction of sp³-hybridized carbons (Fsp3) is 0.250. The molecule has 0 aromatic heterocycles. The normalized spacial score (nSPS) is 15.4. The summed E-state index contributed by atoms with van der Waals surface area (Å²) in [6.07, 6.45) is -0.873. The zero-order valence-electron chi connectivity index (χ0n) is 11.3. The van der Waals surface area contributed by atoms with Crippen molar-refractivity contribution >= 4 is 11.6 Å². The van der Waals surface area contributed by atoms with Crippen molar-refractivity contribution in [3.63, 3.8) is 0 Å². The topological polar surface area (TPSA) is 55.5 Å². The van der Waals surface area contributed by atoms with Crippen LogP contribution in [0.1, 0.15) is 12.5 Å². The van der Waals surface area contributed by atoms with Gasteiger partial charge in [0.25, 0.3) is 0 Å². The Balaban J connectivity index is 2.43. The summed E-state index contributed by atoms with van der Waals surface area (Å²) in [5, 5.41) is 10.8. The van der Waals surface area contributed by atoms with Gasteiger partial charge in [0.1, 0.15) is 11.9 Å². The molecule has 0 aliphatic carbocycles. The van der Waals surface area contributed by atoms with Crippen LogP contribution in [-0.4, -0.2) is 17.8 Å². The van der Waals surface area contributed by atoms with Crippen molar-refractivity contribution in [2.45, 2.75) is 18.6 Å². The number of benzene rings is 2. The van der Waals surface area contributed by atoms with Crippen molar-refractivity contribution in [3.05, 3.63) is 65.2 Å². The lowest BCUT2D eigenvalue weighted by Crippen LogP contribution is -2.46. The van der Waals surface area contributed by atoms with Gasteiger partial charge >= 0.3 is 0 Å². The van der Waals surface area contributed by atoms with Crippen LogP contribution in [0, 0.1) is 0 Å². The van der Waals surface area contributed by atoms with Gasteiger partial charge in [0.2, 0.25) is 0 Å². The maximum Gasteiger partial charge on any atom is 0.159 e. The molecule has 0 heterocycles. The molecule has 0 aliphatic heterocycles.